The molecule has 1 heterocycles. The minimum absolute atomic E-state index is 0.275. The molecule has 29 heavy (non-hydrogen) atoms. The van der Waals surface area contributed by atoms with E-state index in [9.17, 15) is 4.79 Å². The number of ether oxygens (including phenoxy) is 1. The van der Waals surface area contributed by atoms with Crippen LogP contribution in [0.5, 0.6) is 0 Å². The van der Waals surface area contributed by atoms with Crippen LogP contribution < -0.4 is 0 Å². The lowest BCUT2D eigenvalue weighted by molar-refractivity contribution is -0.136. The number of esters is 1. The van der Waals surface area contributed by atoms with Crippen LogP contribution in [0, 0.1) is 11.8 Å². The van der Waals surface area contributed by atoms with Crippen LogP contribution in [0.3, 0.4) is 0 Å². The number of methoxy groups -OCH3 is 1. The molecule has 3 nitrogen and oxygen atoms in total. The van der Waals surface area contributed by atoms with Crippen LogP contribution in [0.1, 0.15) is 66.0 Å². The summed E-state index contributed by atoms with van der Waals surface area (Å²) in [6.45, 7) is 17.0. The van der Waals surface area contributed by atoms with Gasteiger partial charge >= 0.3 is 5.97 Å². The molecule has 4 heteroatoms. The van der Waals surface area contributed by atoms with Crippen LogP contribution in [0.15, 0.2) is 46.4 Å². The molecule has 0 saturated carbocycles. The summed E-state index contributed by atoms with van der Waals surface area (Å²) >= 11 is 1.72. The van der Waals surface area contributed by atoms with Crippen LogP contribution in [0.2, 0.25) is 0 Å². The molecule has 2 rings (SSSR count). The predicted molar refractivity (Wildman–Crippen MR) is 127 cm³/mol. The van der Waals surface area contributed by atoms with Crippen molar-refractivity contribution < 1.29 is 9.53 Å². The van der Waals surface area contributed by atoms with Crippen LogP contribution in [-0.4, -0.2) is 23.9 Å². The molecule has 1 atom stereocenters. The van der Waals surface area contributed by atoms with Gasteiger partial charge in [-0.3, -0.25) is 0 Å². The summed E-state index contributed by atoms with van der Waals surface area (Å²) < 4.78 is 7.13. The van der Waals surface area contributed by atoms with Gasteiger partial charge in [-0.25, -0.2) is 9.10 Å². The SMILES string of the molecule is CCC(C)C(C)C.COC(=O)/C(C)=C/C(SN1CCc2ccccc2C1)=C(C)C. The number of allylic oxidation sites excluding steroid dienone is 2. The first kappa shape index (κ1) is 25.5. The van der Waals surface area contributed by atoms with Gasteiger partial charge in [0.1, 0.15) is 0 Å². The Hall–Kier alpha value is -1.52. The molecule has 0 aromatic heterocycles. The number of nitrogens with zero attached hydrogens (tertiary/aromatic N) is 1. The molecule has 0 fully saturated rings. The molecule has 0 spiro atoms. The minimum Gasteiger partial charge on any atom is -0.466 e. The monoisotopic (exact) mass is 417 g/mol. The molecule has 1 aromatic carbocycles. The Bertz CT molecular complexity index is 717. The zero-order valence-electron chi connectivity index (χ0n) is 19.5. The Morgan fingerprint density at radius 3 is 2.28 bits per heavy atom. The standard InChI is InChI=1S/C18H23NO2S.C7H16/c1-13(2)17(11-14(3)18(20)21-4)22-19-10-9-15-7-5-6-8-16(15)12-19;1-5-7(4)6(2)3/h5-8,11H,9-10,12H2,1-4H3;6-7H,5H2,1-4H3/b14-11+;. The quantitative estimate of drug-likeness (QED) is 0.220. The van der Waals surface area contributed by atoms with Gasteiger partial charge < -0.3 is 4.74 Å². The van der Waals surface area contributed by atoms with E-state index in [1.165, 1.54) is 30.2 Å². The third-order valence-corrected chi connectivity index (χ3v) is 6.75. The van der Waals surface area contributed by atoms with Crippen molar-refractivity contribution in [1.82, 2.24) is 4.31 Å². The summed E-state index contributed by atoms with van der Waals surface area (Å²) in [6, 6.07) is 8.60. The highest BCUT2D eigenvalue weighted by atomic mass is 32.2. The highest BCUT2D eigenvalue weighted by molar-refractivity contribution is 8.01. The highest BCUT2D eigenvalue weighted by Gasteiger charge is 2.18. The lowest BCUT2D eigenvalue weighted by Gasteiger charge is -2.28. The summed E-state index contributed by atoms with van der Waals surface area (Å²) in [6.07, 6.45) is 4.31. The molecule has 0 bridgehead atoms. The van der Waals surface area contributed by atoms with E-state index >= 15 is 0 Å². The molecular weight excluding hydrogens is 378 g/mol. The fraction of sp³-hybridized carbons (Fsp3) is 0.560. The van der Waals surface area contributed by atoms with Gasteiger partial charge in [0.25, 0.3) is 0 Å². The predicted octanol–water partition coefficient (Wildman–Crippen LogP) is 6.79. The topological polar surface area (TPSA) is 29.5 Å². The van der Waals surface area contributed by atoms with Gasteiger partial charge in [-0.1, -0.05) is 64.0 Å². The Kier molecular flexibility index (Phi) is 11.4. The highest BCUT2D eigenvalue weighted by Crippen LogP contribution is 2.31. The number of benzene rings is 1. The largest absolute Gasteiger partial charge is 0.466 e. The summed E-state index contributed by atoms with van der Waals surface area (Å²) in [5.41, 5.74) is 4.66. The maximum absolute atomic E-state index is 11.6. The average Bonchev–Trinajstić information content (AvgIpc) is 2.72. The Morgan fingerprint density at radius 2 is 1.79 bits per heavy atom. The maximum atomic E-state index is 11.6. The lowest BCUT2D eigenvalue weighted by atomic mass is 9.96. The summed E-state index contributed by atoms with van der Waals surface area (Å²) in [4.78, 5) is 12.7. The normalized spacial score (nSPS) is 15.1. The first-order valence-electron chi connectivity index (χ1n) is 10.6. The van der Waals surface area contributed by atoms with Gasteiger partial charge in [0.05, 0.1) is 7.11 Å². The number of hydrogen-bond acceptors (Lipinski definition) is 4. The van der Waals surface area contributed by atoms with Gasteiger partial charge in [0.2, 0.25) is 0 Å². The van der Waals surface area contributed by atoms with Crippen molar-refractivity contribution in [3.63, 3.8) is 0 Å². The molecule has 0 radical (unpaired) electrons. The molecule has 0 aliphatic carbocycles. The lowest BCUT2D eigenvalue weighted by Crippen LogP contribution is -2.24. The van der Waals surface area contributed by atoms with Crippen molar-refractivity contribution in [2.75, 3.05) is 13.7 Å². The number of fused-ring (bicyclic) bond motifs is 1. The first-order valence-corrected chi connectivity index (χ1v) is 11.4. The Balaban J connectivity index is 0.000000516. The number of carbonyl (C=O) groups excluding carboxylic acids is 1. The van der Waals surface area contributed by atoms with E-state index in [-0.39, 0.29) is 5.97 Å². The van der Waals surface area contributed by atoms with Crippen LogP contribution >= 0.6 is 11.9 Å². The van der Waals surface area contributed by atoms with Gasteiger partial charge in [0, 0.05) is 23.6 Å². The van der Waals surface area contributed by atoms with E-state index < -0.39 is 0 Å². The van der Waals surface area contributed by atoms with Crippen molar-refractivity contribution in [2.24, 2.45) is 11.8 Å². The van der Waals surface area contributed by atoms with E-state index in [1.54, 1.807) is 18.9 Å². The zero-order valence-corrected chi connectivity index (χ0v) is 20.4. The number of carbonyl (C=O) groups is 1. The molecule has 1 aromatic rings. The zero-order chi connectivity index (χ0) is 22.0. The molecule has 1 unspecified atom stereocenters. The molecule has 0 amide bonds. The van der Waals surface area contributed by atoms with Crippen LogP contribution in [0.4, 0.5) is 0 Å². The Morgan fingerprint density at radius 1 is 1.17 bits per heavy atom. The van der Waals surface area contributed by atoms with Gasteiger partial charge in [0.15, 0.2) is 0 Å². The minimum atomic E-state index is -0.275. The van der Waals surface area contributed by atoms with Gasteiger partial charge in [-0.15, -0.1) is 0 Å². The molecule has 0 saturated heterocycles. The second kappa shape index (κ2) is 12.9. The molecule has 0 N–H and O–H groups in total. The average molecular weight is 418 g/mol. The van der Waals surface area contributed by atoms with Crippen molar-refractivity contribution in [3.05, 3.63) is 57.5 Å². The number of rotatable bonds is 6. The summed E-state index contributed by atoms with van der Waals surface area (Å²) in [7, 11) is 1.41. The maximum Gasteiger partial charge on any atom is 0.333 e. The van der Waals surface area contributed by atoms with Crippen molar-refractivity contribution >= 4 is 17.9 Å². The fourth-order valence-electron chi connectivity index (χ4n) is 2.84. The summed E-state index contributed by atoms with van der Waals surface area (Å²) in [5, 5.41) is 0. The van der Waals surface area contributed by atoms with Crippen molar-refractivity contribution in [1.29, 1.82) is 0 Å². The van der Waals surface area contributed by atoms with E-state index in [4.69, 9.17) is 4.74 Å². The van der Waals surface area contributed by atoms with Gasteiger partial charge in [-0.05, 0) is 68.2 Å². The van der Waals surface area contributed by atoms with Crippen LogP contribution in [0.25, 0.3) is 0 Å². The van der Waals surface area contributed by atoms with E-state index in [2.05, 4.69) is 70.1 Å². The van der Waals surface area contributed by atoms with Crippen LogP contribution in [-0.2, 0) is 22.5 Å². The van der Waals surface area contributed by atoms with E-state index in [0.717, 1.165) is 36.3 Å². The third kappa shape index (κ3) is 8.79. The Labute approximate surface area is 182 Å². The van der Waals surface area contributed by atoms with Crippen molar-refractivity contribution in [3.8, 4) is 0 Å². The van der Waals surface area contributed by atoms with Crippen molar-refractivity contribution in [2.45, 2.75) is 67.9 Å². The molecule has 1 aliphatic heterocycles. The molecular formula is C25H39NO2S. The van der Waals surface area contributed by atoms with E-state index in [1.807, 2.05) is 6.08 Å². The van der Waals surface area contributed by atoms with E-state index in [0.29, 0.717) is 5.57 Å². The second-order valence-corrected chi connectivity index (χ2v) is 9.43. The second-order valence-electron chi connectivity index (χ2n) is 8.29. The first-order chi connectivity index (χ1) is 13.7. The number of hydrogen-bond donors (Lipinski definition) is 0. The molecule has 162 valence electrons. The third-order valence-electron chi connectivity index (χ3n) is 5.45. The molecule has 1 aliphatic rings. The smallest absolute Gasteiger partial charge is 0.333 e. The summed E-state index contributed by atoms with van der Waals surface area (Å²) in [5.74, 6) is 1.49. The van der Waals surface area contributed by atoms with Gasteiger partial charge in [-0.2, -0.15) is 0 Å². The fourth-order valence-corrected chi connectivity index (χ4v) is 3.91.